The summed E-state index contributed by atoms with van der Waals surface area (Å²) in [5.41, 5.74) is 2.54. The van der Waals surface area contributed by atoms with Crippen LogP contribution in [0.2, 0.25) is 0 Å². The molecule has 0 aliphatic rings. The molecule has 110 valence electrons. The smallest absolute Gasteiger partial charge is 0.275 e. The van der Waals surface area contributed by atoms with Gasteiger partial charge in [0.2, 0.25) is 0 Å². The molecule has 0 fully saturated rings. The van der Waals surface area contributed by atoms with Crippen molar-refractivity contribution in [3.05, 3.63) is 63.6 Å². The topological polar surface area (TPSA) is 74.8 Å². The van der Waals surface area contributed by atoms with E-state index in [1.165, 1.54) is 6.21 Å². The van der Waals surface area contributed by atoms with E-state index in [4.69, 9.17) is 4.42 Å². The molecule has 0 saturated carbocycles. The highest BCUT2D eigenvalue weighted by molar-refractivity contribution is 14.1. The molecule has 0 aliphatic heterocycles. The minimum Gasteiger partial charge on any atom is -0.507 e. The molecule has 0 spiro atoms. The predicted molar refractivity (Wildman–Crippen MR) is 92.1 cm³/mol. The van der Waals surface area contributed by atoms with Gasteiger partial charge in [0.25, 0.3) is 5.91 Å². The van der Waals surface area contributed by atoms with Gasteiger partial charge in [0, 0.05) is 0 Å². The lowest BCUT2D eigenvalue weighted by Gasteiger charge is -2.05. The molecule has 0 bridgehead atoms. The number of phenols is 1. The maximum absolute atomic E-state index is 12.1. The first-order valence-corrected chi connectivity index (χ1v) is 7.52. The molecule has 0 unspecified atom stereocenters. The zero-order chi connectivity index (χ0) is 15.5. The van der Waals surface area contributed by atoms with E-state index in [0.29, 0.717) is 5.76 Å². The summed E-state index contributed by atoms with van der Waals surface area (Å²) in [7, 11) is 0. The van der Waals surface area contributed by atoms with Gasteiger partial charge in [-0.3, -0.25) is 4.79 Å². The third-order valence-electron chi connectivity index (χ3n) is 3.06. The van der Waals surface area contributed by atoms with Gasteiger partial charge in [0.05, 0.1) is 11.8 Å². The quantitative estimate of drug-likeness (QED) is 0.397. The molecule has 3 rings (SSSR count). The second-order valence-corrected chi connectivity index (χ2v) is 5.62. The molecule has 22 heavy (non-hydrogen) atoms. The molecule has 1 amide bonds. The Hall–Kier alpha value is -2.35. The Balaban J connectivity index is 1.80. The Labute approximate surface area is 139 Å². The first-order chi connectivity index (χ1) is 10.6. The number of rotatable bonds is 3. The van der Waals surface area contributed by atoms with E-state index in [1.807, 2.05) is 46.9 Å². The number of benzene rings is 2. The predicted octanol–water partition coefficient (Wildman–Crippen LogP) is 3.51. The van der Waals surface area contributed by atoms with E-state index in [-0.39, 0.29) is 11.3 Å². The van der Waals surface area contributed by atoms with Gasteiger partial charge in [0.15, 0.2) is 3.77 Å². The number of nitrogens with zero attached hydrogens (tertiary/aromatic N) is 1. The summed E-state index contributed by atoms with van der Waals surface area (Å²) in [4.78, 5) is 12.1. The number of furan rings is 1. The summed E-state index contributed by atoms with van der Waals surface area (Å²) < 4.78 is 6.02. The van der Waals surface area contributed by atoms with Crippen molar-refractivity contribution in [2.45, 2.75) is 0 Å². The van der Waals surface area contributed by atoms with Crippen LogP contribution in [-0.2, 0) is 0 Å². The third kappa shape index (κ3) is 3.11. The fourth-order valence-electron chi connectivity index (χ4n) is 2.02. The average Bonchev–Trinajstić information content (AvgIpc) is 2.92. The number of carbonyl (C=O) groups excluding carboxylic acids is 1. The average molecular weight is 406 g/mol. The Morgan fingerprint density at radius 3 is 2.59 bits per heavy atom. The molecular formula is C16H11IN2O3. The fourth-order valence-corrected chi connectivity index (χ4v) is 2.46. The van der Waals surface area contributed by atoms with Crippen LogP contribution in [0.5, 0.6) is 5.75 Å². The number of phenolic OH excluding ortho intramolecular Hbond substituents is 1. The van der Waals surface area contributed by atoms with Gasteiger partial charge in [-0.2, -0.15) is 5.10 Å². The molecular weight excluding hydrogens is 395 g/mol. The normalized spacial score (nSPS) is 11.1. The number of hydrogen-bond donors (Lipinski definition) is 2. The monoisotopic (exact) mass is 406 g/mol. The molecule has 0 saturated heterocycles. The van der Waals surface area contributed by atoms with Gasteiger partial charge in [-0.25, -0.2) is 5.43 Å². The largest absolute Gasteiger partial charge is 0.507 e. The highest BCUT2D eigenvalue weighted by atomic mass is 127. The van der Waals surface area contributed by atoms with Crippen molar-refractivity contribution in [1.82, 2.24) is 5.43 Å². The van der Waals surface area contributed by atoms with Gasteiger partial charge >= 0.3 is 0 Å². The maximum atomic E-state index is 12.1. The van der Waals surface area contributed by atoms with E-state index in [0.717, 1.165) is 14.5 Å². The van der Waals surface area contributed by atoms with Crippen molar-refractivity contribution in [2.75, 3.05) is 0 Å². The zero-order valence-corrected chi connectivity index (χ0v) is 13.4. The lowest BCUT2D eigenvalue weighted by molar-refractivity contribution is 0.0952. The van der Waals surface area contributed by atoms with Gasteiger partial charge in [-0.05, 0) is 57.6 Å². The summed E-state index contributed by atoms with van der Waals surface area (Å²) in [5.74, 6) is -0.0351. The molecule has 2 aromatic carbocycles. The minimum absolute atomic E-state index is 0.0843. The van der Waals surface area contributed by atoms with Gasteiger partial charge in [0.1, 0.15) is 11.5 Å². The van der Waals surface area contributed by atoms with Gasteiger partial charge in [-0.15, -0.1) is 0 Å². The van der Waals surface area contributed by atoms with E-state index in [1.54, 1.807) is 24.3 Å². The first kappa shape index (κ1) is 14.6. The van der Waals surface area contributed by atoms with Crippen molar-refractivity contribution in [3.8, 4) is 5.75 Å². The Morgan fingerprint density at radius 1 is 1.18 bits per heavy atom. The van der Waals surface area contributed by atoms with Gasteiger partial charge < -0.3 is 9.52 Å². The van der Waals surface area contributed by atoms with Crippen molar-refractivity contribution in [1.29, 1.82) is 0 Å². The molecule has 0 atom stereocenters. The number of amides is 1. The highest BCUT2D eigenvalue weighted by Crippen LogP contribution is 2.24. The summed E-state index contributed by atoms with van der Waals surface area (Å²) in [6.07, 6.45) is 1.40. The van der Waals surface area contributed by atoms with Crippen LogP contribution in [0.25, 0.3) is 10.8 Å². The summed E-state index contributed by atoms with van der Waals surface area (Å²) in [6, 6.07) is 14.2. The molecule has 2 N–H and O–H groups in total. The number of halogens is 1. The van der Waals surface area contributed by atoms with Gasteiger partial charge in [-0.1, -0.05) is 24.3 Å². The lowest BCUT2D eigenvalue weighted by atomic mass is 10.1. The van der Waals surface area contributed by atoms with E-state index >= 15 is 0 Å². The Kier molecular flexibility index (Phi) is 4.10. The van der Waals surface area contributed by atoms with Crippen molar-refractivity contribution in [2.24, 2.45) is 5.10 Å². The van der Waals surface area contributed by atoms with E-state index in [2.05, 4.69) is 10.5 Å². The standard InChI is InChI=1S/C16H11IN2O3/c17-15-6-5-12(22-15)9-18-19-16(21)13-7-10-3-1-2-4-11(10)8-14(13)20/h1-9,20H,(H,19,21)/b18-9-. The number of carbonyl (C=O) groups is 1. The molecule has 0 radical (unpaired) electrons. The number of nitrogens with one attached hydrogen (secondary N) is 1. The SMILES string of the molecule is O=C(N/N=C\c1ccc(I)o1)c1cc2ccccc2cc1O. The summed E-state index contributed by atoms with van der Waals surface area (Å²) in [6.45, 7) is 0. The van der Waals surface area contributed by atoms with Crippen molar-refractivity contribution < 1.29 is 14.3 Å². The second-order valence-electron chi connectivity index (χ2n) is 4.56. The Morgan fingerprint density at radius 2 is 1.91 bits per heavy atom. The highest BCUT2D eigenvalue weighted by Gasteiger charge is 2.11. The molecule has 0 aliphatic carbocycles. The minimum atomic E-state index is -0.485. The molecule has 6 heteroatoms. The maximum Gasteiger partial charge on any atom is 0.275 e. The van der Waals surface area contributed by atoms with E-state index < -0.39 is 5.91 Å². The van der Waals surface area contributed by atoms with Crippen LogP contribution < -0.4 is 5.43 Å². The van der Waals surface area contributed by atoms with Crippen LogP contribution in [-0.4, -0.2) is 17.2 Å². The van der Waals surface area contributed by atoms with Crippen LogP contribution in [0, 0.1) is 3.77 Å². The lowest BCUT2D eigenvalue weighted by Crippen LogP contribution is -2.17. The number of aromatic hydroxyl groups is 1. The van der Waals surface area contributed by atoms with Crippen LogP contribution in [0.15, 0.2) is 58.0 Å². The molecule has 1 heterocycles. The number of hydrogen-bond acceptors (Lipinski definition) is 4. The van der Waals surface area contributed by atoms with Crippen molar-refractivity contribution in [3.63, 3.8) is 0 Å². The second kappa shape index (κ2) is 6.18. The first-order valence-electron chi connectivity index (χ1n) is 6.44. The molecule has 3 aromatic rings. The van der Waals surface area contributed by atoms with E-state index in [9.17, 15) is 9.90 Å². The number of fused-ring (bicyclic) bond motifs is 1. The van der Waals surface area contributed by atoms with Crippen LogP contribution >= 0.6 is 22.6 Å². The van der Waals surface area contributed by atoms with Crippen LogP contribution in [0.3, 0.4) is 0 Å². The summed E-state index contributed by atoms with van der Waals surface area (Å²) in [5, 5.41) is 15.5. The Bertz CT molecular complexity index is 871. The zero-order valence-electron chi connectivity index (χ0n) is 11.3. The van der Waals surface area contributed by atoms with Crippen LogP contribution in [0.1, 0.15) is 16.1 Å². The third-order valence-corrected chi connectivity index (χ3v) is 3.64. The molecule has 1 aromatic heterocycles. The van der Waals surface area contributed by atoms with Crippen molar-refractivity contribution >= 4 is 45.5 Å². The summed E-state index contributed by atoms with van der Waals surface area (Å²) >= 11 is 2.04. The number of hydrazone groups is 1. The fraction of sp³-hybridized carbons (Fsp3) is 0. The molecule has 5 nitrogen and oxygen atoms in total. The van der Waals surface area contributed by atoms with Crippen LogP contribution in [0.4, 0.5) is 0 Å².